The molecule has 18 heavy (non-hydrogen) atoms. The van der Waals surface area contributed by atoms with E-state index in [1.165, 1.54) is 24.0 Å². The highest BCUT2D eigenvalue weighted by Crippen LogP contribution is 2.25. The van der Waals surface area contributed by atoms with Gasteiger partial charge < -0.3 is 10.6 Å². The molecular formula is C14H19ClN2O. The average molecular weight is 267 g/mol. The number of nitrogens with one attached hydrogen (secondary N) is 2. The molecule has 0 aromatic heterocycles. The average Bonchev–Trinajstić information content (AvgIpc) is 2.99. The van der Waals surface area contributed by atoms with Gasteiger partial charge in [0.1, 0.15) is 0 Å². The molecule has 2 N–H and O–H groups in total. The molecule has 98 valence electrons. The first-order valence-corrected chi connectivity index (χ1v) is 6.49. The highest BCUT2D eigenvalue weighted by Gasteiger charge is 2.22. The van der Waals surface area contributed by atoms with Gasteiger partial charge >= 0.3 is 0 Å². The number of fused-ring (bicyclic) bond motifs is 1. The maximum absolute atomic E-state index is 11.9. The van der Waals surface area contributed by atoms with E-state index in [-0.39, 0.29) is 24.4 Å². The van der Waals surface area contributed by atoms with E-state index in [1.54, 1.807) is 0 Å². The molecule has 4 heteroatoms. The zero-order chi connectivity index (χ0) is 11.7. The number of amides is 1. The molecule has 0 spiro atoms. The van der Waals surface area contributed by atoms with Crippen LogP contribution in [0.4, 0.5) is 5.69 Å². The molecule has 1 aromatic carbocycles. The Labute approximate surface area is 114 Å². The standard InChI is InChI=1S/C14H18N2O.ClH/c17-14(13-5-2-8-15-13)16-12-7-6-10-3-1-4-11(10)9-12;/h6-7,9,13,15H,1-5,8H2,(H,16,17);1H/t13-;/m0./s1. The molecule has 3 rings (SSSR count). The Morgan fingerprint density at radius 3 is 2.83 bits per heavy atom. The molecule has 1 aliphatic heterocycles. The van der Waals surface area contributed by atoms with E-state index in [1.807, 2.05) is 6.07 Å². The number of hydrogen-bond acceptors (Lipinski definition) is 2. The second-order valence-corrected chi connectivity index (χ2v) is 4.98. The van der Waals surface area contributed by atoms with Crippen molar-refractivity contribution in [2.45, 2.75) is 38.1 Å². The first kappa shape index (κ1) is 13.4. The molecule has 1 aliphatic carbocycles. The van der Waals surface area contributed by atoms with Crippen molar-refractivity contribution in [1.29, 1.82) is 0 Å². The molecule has 1 atom stereocenters. The second kappa shape index (κ2) is 5.72. The molecule has 0 radical (unpaired) electrons. The van der Waals surface area contributed by atoms with Crippen molar-refractivity contribution in [3.8, 4) is 0 Å². The molecule has 1 saturated heterocycles. The largest absolute Gasteiger partial charge is 0.325 e. The van der Waals surface area contributed by atoms with E-state index in [0.717, 1.165) is 31.5 Å². The lowest BCUT2D eigenvalue weighted by Crippen LogP contribution is -2.35. The lowest BCUT2D eigenvalue weighted by molar-refractivity contribution is -0.117. The van der Waals surface area contributed by atoms with Crippen LogP contribution in [0.15, 0.2) is 18.2 Å². The molecule has 1 fully saturated rings. The molecular weight excluding hydrogens is 248 g/mol. The van der Waals surface area contributed by atoms with E-state index in [2.05, 4.69) is 22.8 Å². The van der Waals surface area contributed by atoms with Crippen LogP contribution in [0.2, 0.25) is 0 Å². The Morgan fingerprint density at radius 1 is 1.22 bits per heavy atom. The maximum atomic E-state index is 11.9. The molecule has 3 nitrogen and oxygen atoms in total. The third-order valence-corrected chi connectivity index (χ3v) is 3.74. The summed E-state index contributed by atoms with van der Waals surface area (Å²) >= 11 is 0. The number of rotatable bonds is 2. The highest BCUT2D eigenvalue weighted by molar-refractivity contribution is 5.95. The lowest BCUT2D eigenvalue weighted by Gasteiger charge is -2.12. The highest BCUT2D eigenvalue weighted by atomic mass is 35.5. The monoisotopic (exact) mass is 266 g/mol. The van der Waals surface area contributed by atoms with Crippen LogP contribution in [-0.4, -0.2) is 18.5 Å². The van der Waals surface area contributed by atoms with Crippen LogP contribution in [0.25, 0.3) is 0 Å². The summed E-state index contributed by atoms with van der Waals surface area (Å²) in [5, 5.41) is 6.23. The number of hydrogen-bond donors (Lipinski definition) is 2. The fraction of sp³-hybridized carbons (Fsp3) is 0.500. The van der Waals surface area contributed by atoms with Gasteiger partial charge in [0, 0.05) is 5.69 Å². The molecule has 2 aliphatic rings. The Morgan fingerprint density at radius 2 is 2.06 bits per heavy atom. The van der Waals surface area contributed by atoms with Gasteiger partial charge in [-0.3, -0.25) is 4.79 Å². The first-order valence-electron chi connectivity index (χ1n) is 6.49. The van der Waals surface area contributed by atoms with Crippen LogP contribution >= 0.6 is 12.4 Å². The predicted octanol–water partition coefficient (Wildman–Crippen LogP) is 2.29. The molecule has 0 bridgehead atoms. The number of aryl methyl sites for hydroxylation is 2. The number of carbonyl (C=O) groups excluding carboxylic acids is 1. The minimum atomic E-state index is 0. The van der Waals surface area contributed by atoms with E-state index < -0.39 is 0 Å². The summed E-state index contributed by atoms with van der Waals surface area (Å²) < 4.78 is 0. The quantitative estimate of drug-likeness (QED) is 0.862. The van der Waals surface area contributed by atoms with E-state index in [4.69, 9.17) is 0 Å². The van der Waals surface area contributed by atoms with Gasteiger partial charge in [-0.15, -0.1) is 12.4 Å². The number of carbonyl (C=O) groups is 1. The van der Waals surface area contributed by atoms with E-state index >= 15 is 0 Å². The van der Waals surface area contributed by atoms with E-state index in [0.29, 0.717) is 0 Å². The van der Waals surface area contributed by atoms with Gasteiger partial charge in [-0.2, -0.15) is 0 Å². The maximum Gasteiger partial charge on any atom is 0.241 e. The first-order chi connectivity index (χ1) is 8.33. The third-order valence-electron chi connectivity index (χ3n) is 3.74. The summed E-state index contributed by atoms with van der Waals surface area (Å²) in [7, 11) is 0. The summed E-state index contributed by atoms with van der Waals surface area (Å²) in [6.07, 6.45) is 5.64. The van der Waals surface area contributed by atoms with Crippen LogP contribution in [-0.2, 0) is 17.6 Å². The van der Waals surface area contributed by atoms with Crippen molar-refractivity contribution >= 4 is 24.0 Å². The van der Waals surface area contributed by atoms with Gasteiger partial charge in [0.15, 0.2) is 0 Å². The van der Waals surface area contributed by atoms with Crippen LogP contribution in [0, 0.1) is 0 Å². The smallest absolute Gasteiger partial charge is 0.241 e. The summed E-state index contributed by atoms with van der Waals surface area (Å²) in [6, 6.07) is 6.31. The van der Waals surface area contributed by atoms with Crippen LogP contribution in [0.5, 0.6) is 0 Å². The fourth-order valence-corrected chi connectivity index (χ4v) is 2.79. The van der Waals surface area contributed by atoms with Crippen molar-refractivity contribution in [2.24, 2.45) is 0 Å². The zero-order valence-electron chi connectivity index (χ0n) is 10.4. The summed E-state index contributed by atoms with van der Waals surface area (Å²) in [5.41, 5.74) is 3.80. The molecule has 1 heterocycles. The van der Waals surface area contributed by atoms with Gasteiger partial charge in [-0.1, -0.05) is 6.07 Å². The van der Waals surface area contributed by atoms with Crippen LogP contribution < -0.4 is 10.6 Å². The Bertz CT molecular complexity index is 441. The Hall–Kier alpha value is -1.06. The zero-order valence-corrected chi connectivity index (χ0v) is 11.2. The van der Waals surface area contributed by atoms with Gasteiger partial charge in [-0.05, 0) is 61.9 Å². The molecule has 0 saturated carbocycles. The van der Waals surface area contributed by atoms with Crippen LogP contribution in [0.3, 0.4) is 0 Å². The van der Waals surface area contributed by atoms with Gasteiger partial charge in [-0.25, -0.2) is 0 Å². The van der Waals surface area contributed by atoms with E-state index in [9.17, 15) is 4.79 Å². The van der Waals surface area contributed by atoms with Crippen molar-refractivity contribution in [3.05, 3.63) is 29.3 Å². The topological polar surface area (TPSA) is 41.1 Å². The van der Waals surface area contributed by atoms with Crippen molar-refractivity contribution in [3.63, 3.8) is 0 Å². The van der Waals surface area contributed by atoms with Crippen molar-refractivity contribution in [1.82, 2.24) is 5.32 Å². The Kier molecular flexibility index (Phi) is 4.25. The van der Waals surface area contributed by atoms with Crippen molar-refractivity contribution in [2.75, 3.05) is 11.9 Å². The SMILES string of the molecule is Cl.O=C(Nc1ccc2c(c1)CCC2)[C@@H]1CCCN1. The minimum absolute atomic E-state index is 0. The lowest BCUT2D eigenvalue weighted by atomic mass is 10.1. The predicted molar refractivity (Wildman–Crippen MR) is 75.4 cm³/mol. The fourth-order valence-electron chi connectivity index (χ4n) is 2.79. The summed E-state index contributed by atoms with van der Waals surface area (Å²) in [5.74, 6) is 0.112. The summed E-state index contributed by atoms with van der Waals surface area (Å²) in [6.45, 7) is 0.961. The molecule has 1 amide bonds. The van der Waals surface area contributed by atoms with Gasteiger partial charge in [0.2, 0.25) is 5.91 Å². The summed E-state index contributed by atoms with van der Waals surface area (Å²) in [4.78, 5) is 11.9. The van der Waals surface area contributed by atoms with Gasteiger partial charge in [0.25, 0.3) is 0 Å². The Balaban J connectivity index is 0.00000120. The van der Waals surface area contributed by atoms with Crippen LogP contribution in [0.1, 0.15) is 30.4 Å². The second-order valence-electron chi connectivity index (χ2n) is 4.98. The molecule has 0 unspecified atom stereocenters. The number of halogens is 1. The normalized spacial score (nSPS) is 21.2. The van der Waals surface area contributed by atoms with Crippen molar-refractivity contribution < 1.29 is 4.79 Å². The molecule has 1 aromatic rings. The van der Waals surface area contributed by atoms with Gasteiger partial charge in [0.05, 0.1) is 6.04 Å². The number of anilines is 1. The third kappa shape index (κ3) is 2.68. The number of benzene rings is 1. The minimum Gasteiger partial charge on any atom is -0.325 e.